The summed E-state index contributed by atoms with van der Waals surface area (Å²) < 4.78 is 29.6. The maximum absolute atomic E-state index is 14.8. The van der Waals surface area contributed by atoms with Crippen LogP contribution in [0.25, 0.3) is 0 Å². The number of rotatable bonds is 6. The third-order valence-corrected chi connectivity index (χ3v) is 4.48. The van der Waals surface area contributed by atoms with Crippen molar-refractivity contribution in [1.29, 1.82) is 0 Å². The molecule has 1 aliphatic rings. The smallest absolute Gasteiger partial charge is 0.396 e. The van der Waals surface area contributed by atoms with E-state index < -0.39 is 40.1 Å². The number of hydrogen-bond donors (Lipinski definition) is 1. The quantitative estimate of drug-likeness (QED) is 0.326. The summed E-state index contributed by atoms with van der Waals surface area (Å²) in [5, 5.41) is 13.0. The van der Waals surface area contributed by atoms with Crippen LogP contribution in [-0.4, -0.2) is 42.6 Å². The van der Waals surface area contributed by atoms with E-state index in [1.54, 1.807) is 6.92 Å². The first-order valence-corrected chi connectivity index (χ1v) is 8.97. The van der Waals surface area contributed by atoms with Crippen LogP contribution in [0, 0.1) is 21.8 Å². The van der Waals surface area contributed by atoms with Crippen molar-refractivity contribution in [2.75, 3.05) is 19.0 Å². The predicted octanol–water partition coefficient (Wildman–Crippen LogP) is 2.35. The van der Waals surface area contributed by atoms with Gasteiger partial charge >= 0.3 is 17.8 Å². The van der Waals surface area contributed by atoms with Crippen LogP contribution in [0.5, 0.6) is 5.75 Å². The highest BCUT2D eigenvalue weighted by Crippen LogP contribution is 2.36. The molecule has 2 rings (SSSR count). The molecular weight excluding hydrogens is 391 g/mol. The Morgan fingerprint density at radius 1 is 1.24 bits per heavy atom. The number of benzene rings is 1. The SMILES string of the molecule is CCOC(=O)[C@H]1CC[C@H](Oc2ccc([N+](=O)[O-])c(NC(=O)C(=O)OC)c2F)CC1. The van der Waals surface area contributed by atoms with Gasteiger partial charge in [0.1, 0.15) is 0 Å². The molecule has 29 heavy (non-hydrogen) atoms. The van der Waals surface area contributed by atoms with Gasteiger partial charge in [-0.2, -0.15) is 0 Å². The van der Waals surface area contributed by atoms with Crippen LogP contribution in [0.3, 0.4) is 0 Å². The lowest BCUT2D eigenvalue weighted by atomic mass is 9.87. The number of nitro groups is 1. The molecule has 0 aliphatic heterocycles. The molecule has 0 saturated heterocycles. The van der Waals surface area contributed by atoms with E-state index in [9.17, 15) is 28.9 Å². The molecule has 1 fully saturated rings. The maximum atomic E-state index is 14.8. The van der Waals surface area contributed by atoms with Gasteiger partial charge < -0.3 is 19.5 Å². The molecule has 1 N–H and O–H groups in total. The lowest BCUT2D eigenvalue weighted by molar-refractivity contribution is -0.384. The Morgan fingerprint density at radius 3 is 2.45 bits per heavy atom. The summed E-state index contributed by atoms with van der Waals surface area (Å²) in [6.45, 7) is 2.02. The first-order valence-electron chi connectivity index (χ1n) is 8.97. The highest BCUT2D eigenvalue weighted by molar-refractivity contribution is 6.37. The lowest BCUT2D eigenvalue weighted by Crippen LogP contribution is -2.29. The Hall–Kier alpha value is -3.24. The van der Waals surface area contributed by atoms with Crippen molar-refractivity contribution in [2.24, 2.45) is 5.92 Å². The summed E-state index contributed by atoms with van der Waals surface area (Å²) in [6.07, 6.45) is 1.52. The second-order valence-corrected chi connectivity index (χ2v) is 6.32. The van der Waals surface area contributed by atoms with E-state index in [-0.39, 0.29) is 17.6 Å². The molecule has 11 heteroatoms. The molecule has 1 aliphatic carbocycles. The molecule has 0 radical (unpaired) electrons. The van der Waals surface area contributed by atoms with Crippen LogP contribution in [0.1, 0.15) is 32.6 Å². The molecule has 1 aromatic carbocycles. The van der Waals surface area contributed by atoms with Gasteiger partial charge in [0.05, 0.1) is 30.7 Å². The maximum Gasteiger partial charge on any atom is 0.396 e. The van der Waals surface area contributed by atoms with Crippen molar-refractivity contribution in [2.45, 2.75) is 38.7 Å². The molecule has 1 aromatic rings. The predicted molar refractivity (Wildman–Crippen MR) is 96.7 cm³/mol. The van der Waals surface area contributed by atoms with Gasteiger partial charge in [-0.1, -0.05) is 0 Å². The van der Waals surface area contributed by atoms with Crippen LogP contribution in [0.2, 0.25) is 0 Å². The van der Waals surface area contributed by atoms with Gasteiger partial charge in [-0.15, -0.1) is 0 Å². The van der Waals surface area contributed by atoms with Crippen LogP contribution in [0.15, 0.2) is 12.1 Å². The van der Waals surface area contributed by atoms with E-state index in [0.717, 1.165) is 19.2 Å². The van der Waals surface area contributed by atoms with Crippen molar-refractivity contribution < 1.29 is 37.9 Å². The summed E-state index contributed by atoms with van der Waals surface area (Å²) >= 11 is 0. The van der Waals surface area contributed by atoms with Crippen LogP contribution in [0.4, 0.5) is 15.8 Å². The fourth-order valence-corrected chi connectivity index (χ4v) is 3.02. The third-order valence-electron chi connectivity index (χ3n) is 4.48. The zero-order valence-corrected chi connectivity index (χ0v) is 15.9. The van der Waals surface area contributed by atoms with Crippen molar-refractivity contribution in [3.8, 4) is 5.75 Å². The lowest BCUT2D eigenvalue weighted by Gasteiger charge is -2.28. The number of ether oxygens (including phenoxy) is 3. The molecule has 1 amide bonds. The van der Waals surface area contributed by atoms with Gasteiger partial charge in [-0.25, -0.2) is 9.18 Å². The van der Waals surface area contributed by atoms with E-state index in [0.29, 0.717) is 32.3 Å². The summed E-state index contributed by atoms with van der Waals surface area (Å²) in [5.41, 5.74) is -1.53. The van der Waals surface area contributed by atoms with Crippen molar-refractivity contribution >= 4 is 29.2 Å². The molecule has 158 valence electrons. The Bertz CT molecular complexity index is 805. The molecule has 0 bridgehead atoms. The molecule has 0 atom stereocenters. The van der Waals surface area contributed by atoms with Crippen molar-refractivity contribution in [3.05, 3.63) is 28.1 Å². The minimum absolute atomic E-state index is 0.244. The molecule has 0 aromatic heterocycles. The number of methoxy groups -OCH3 is 1. The van der Waals surface area contributed by atoms with Gasteiger partial charge in [-0.05, 0) is 38.7 Å². The molecule has 0 unspecified atom stereocenters. The van der Waals surface area contributed by atoms with Crippen molar-refractivity contribution in [3.63, 3.8) is 0 Å². The largest absolute Gasteiger partial charge is 0.487 e. The highest BCUT2D eigenvalue weighted by Gasteiger charge is 2.31. The Kier molecular flexibility index (Phi) is 7.46. The number of hydrogen-bond acceptors (Lipinski definition) is 8. The molecule has 0 heterocycles. The summed E-state index contributed by atoms with van der Waals surface area (Å²) in [6, 6.07) is 2.05. The van der Waals surface area contributed by atoms with E-state index in [1.807, 2.05) is 5.32 Å². The summed E-state index contributed by atoms with van der Waals surface area (Å²) in [4.78, 5) is 44.9. The van der Waals surface area contributed by atoms with Crippen molar-refractivity contribution in [1.82, 2.24) is 0 Å². The van der Waals surface area contributed by atoms with E-state index in [2.05, 4.69) is 4.74 Å². The second kappa shape index (κ2) is 9.80. The van der Waals surface area contributed by atoms with Crippen LogP contribution in [-0.2, 0) is 23.9 Å². The number of nitrogens with zero attached hydrogens (tertiary/aromatic N) is 1. The van der Waals surface area contributed by atoms with Crippen LogP contribution >= 0.6 is 0 Å². The normalized spacial score (nSPS) is 18.4. The van der Waals surface area contributed by atoms with Gasteiger partial charge in [0.25, 0.3) is 5.69 Å². The average Bonchev–Trinajstić information content (AvgIpc) is 2.70. The summed E-state index contributed by atoms with van der Waals surface area (Å²) in [7, 11) is 0.943. The molecule has 1 saturated carbocycles. The van der Waals surface area contributed by atoms with Gasteiger partial charge in [0.2, 0.25) is 0 Å². The van der Waals surface area contributed by atoms with Gasteiger partial charge in [0.15, 0.2) is 17.3 Å². The first kappa shape index (κ1) is 22.1. The Labute approximate surface area is 165 Å². The second-order valence-electron chi connectivity index (χ2n) is 6.32. The summed E-state index contributed by atoms with van der Waals surface area (Å²) in [5.74, 6) is -4.70. The topological polar surface area (TPSA) is 134 Å². The number of carbonyl (C=O) groups excluding carboxylic acids is 3. The third kappa shape index (κ3) is 5.39. The minimum Gasteiger partial charge on any atom is -0.487 e. The molecule has 10 nitrogen and oxygen atoms in total. The fraction of sp³-hybridized carbons (Fsp3) is 0.500. The number of nitrogens with one attached hydrogen (secondary N) is 1. The molecule has 0 spiro atoms. The molecular formula is C18H21FN2O8. The number of anilines is 1. The van der Waals surface area contributed by atoms with E-state index >= 15 is 0 Å². The average molecular weight is 412 g/mol. The zero-order valence-electron chi connectivity index (χ0n) is 15.9. The standard InChI is InChI=1S/C18H21FN2O8/c1-3-28-17(23)10-4-6-11(7-5-10)29-13-9-8-12(21(25)26)15(14(13)19)20-16(22)18(24)27-2/h8-11H,3-7H2,1-2H3,(H,20,22)/t10-,11-. The first-order chi connectivity index (χ1) is 13.8. The van der Waals surface area contributed by atoms with E-state index in [1.165, 1.54) is 0 Å². The number of esters is 2. The minimum atomic E-state index is -1.36. The number of nitro benzene ring substituents is 1. The number of halogens is 1. The highest BCUT2D eigenvalue weighted by atomic mass is 19.1. The van der Waals surface area contributed by atoms with E-state index in [4.69, 9.17) is 9.47 Å². The van der Waals surface area contributed by atoms with Gasteiger partial charge in [0, 0.05) is 6.07 Å². The van der Waals surface area contributed by atoms with Gasteiger partial charge in [-0.3, -0.25) is 19.7 Å². The Balaban J connectivity index is 2.15. The zero-order chi connectivity index (χ0) is 21.6. The fourth-order valence-electron chi connectivity index (χ4n) is 3.02. The Morgan fingerprint density at radius 2 is 1.90 bits per heavy atom. The van der Waals surface area contributed by atoms with Crippen LogP contribution < -0.4 is 10.1 Å². The monoisotopic (exact) mass is 412 g/mol. The number of carbonyl (C=O) groups is 3. The number of amides is 1.